The highest BCUT2D eigenvalue weighted by Crippen LogP contribution is 2.25. The summed E-state index contributed by atoms with van der Waals surface area (Å²) in [6, 6.07) is 5.35. The molecule has 11 heteroatoms. The van der Waals surface area contributed by atoms with Crippen LogP contribution in [0.4, 0.5) is 5.69 Å². The fraction of sp³-hybridized carbons (Fsp3) is 0.100. The minimum absolute atomic E-state index is 0.101. The van der Waals surface area contributed by atoms with E-state index >= 15 is 0 Å². The maximum Gasteiger partial charge on any atom is 0.282 e. The van der Waals surface area contributed by atoms with E-state index in [1.807, 2.05) is 0 Å². The number of benzene rings is 1. The lowest BCUT2D eigenvalue weighted by Crippen LogP contribution is -2.19. The molecule has 114 valence electrons. The minimum atomic E-state index is -4.14. The Bertz CT molecular complexity index is 890. The lowest BCUT2D eigenvalue weighted by Gasteiger charge is -2.10. The fourth-order valence-corrected chi connectivity index (χ4v) is 3.84. The van der Waals surface area contributed by atoms with Gasteiger partial charge in [-0.3, -0.25) is 4.72 Å². The molecular weight excluding hydrogens is 340 g/mol. The van der Waals surface area contributed by atoms with Crippen molar-refractivity contribution < 1.29 is 16.8 Å². The predicted octanol–water partition coefficient (Wildman–Crippen LogP) is 0.522. The van der Waals surface area contributed by atoms with Crippen molar-refractivity contribution in [2.24, 2.45) is 12.2 Å². The Morgan fingerprint density at radius 3 is 2.38 bits per heavy atom. The van der Waals surface area contributed by atoms with Crippen LogP contribution in [0.1, 0.15) is 0 Å². The molecule has 0 aliphatic rings. The molecule has 21 heavy (non-hydrogen) atoms. The number of rotatable bonds is 4. The summed E-state index contributed by atoms with van der Waals surface area (Å²) in [5.41, 5.74) is -0.179. The third kappa shape index (κ3) is 3.18. The van der Waals surface area contributed by atoms with E-state index in [2.05, 4.69) is 9.71 Å². The van der Waals surface area contributed by atoms with Crippen LogP contribution in [0.5, 0.6) is 0 Å². The largest absolute Gasteiger partial charge is 0.324 e. The van der Waals surface area contributed by atoms with E-state index in [1.165, 1.54) is 42.2 Å². The number of hydrogen-bond donors (Lipinski definition) is 2. The first-order valence-corrected chi connectivity index (χ1v) is 8.85. The molecule has 8 nitrogen and oxygen atoms in total. The number of nitrogens with zero attached hydrogens (tertiary/aromatic N) is 2. The fourth-order valence-electron chi connectivity index (χ4n) is 1.57. The van der Waals surface area contributed by atoms with E-state index in [4.69, 9.17) is 16.7 Å². The number of nitrogens with two attached hydrogens (primary N) is 1. The molecule has 0 amide bonds. The van der Waals surface area contributed by atoms with Crippen LogP contribution < -0.4 is 9.86 Å². The number of halogens is 1. The van der Waals surface area contributed by atoms with Crippen LogP contribution >= 0.6 is 11.6 Å². The molecule has 0 fully saturated rings. The summed E-state index contributed by atoms with van der Waals surface area (Å²) >= 11 is 5.83. The SMILES string of the molecule is Cn1cnc(S(=O)(=O)Nc2ccccc2S(N)(=O)=O)c1Cl. The summed E-state index contributed by atoms with van der Waals surface area (Å²) in [5.74, 6) is 0. The second kappa shape index (κ2) is 5.30. The van der Waals surface area contributed by atoms with Gasteiger partial charge in [-0.05, 0) is 12.1 Å². The molecule has 2 rings (SSSR count). The summed E-state index contributed by atoms with van der Waals surface area (Å²) < 4.78 is 50.7. The number of primary sulfonamides is 1. The second-order valence-electron chi connectivity index (χ2n) is 4.10. The number of aromatic nitrogens is 2. The molecule has 0 saturated heterocycles. The van der Waals surface area contributed by atoms with Gasteiger partial charge in [0.1, 0.15) is 10.0 Å². The number of sulfonamides is 2. The van der Waals surface area contributed by atoms with Gasteiger partial charge in [-0.2, -0.15) is 8.42 Å². The minimum Gasteiger partial charge on any atom is -0.324 e. The van der Waals surface area contributed by atoms with Gasteiger partial charge in [0.25, 0.3) is 10.0 Å². The van der Waals surface area contributed by atoms with Crippen molar-refractivity contribution in [3.63, 3.8) is 0 Å². The highest BCUT2D eigenvalue weighted by atomic mass is 35.5. The lowest BCUT2D eigenvalue weighted by molar-refractivity contribution is 0.597. The van der Waals surface area contributed by atoms with Crippen LogP contribution in [0.25, 0.3) is 0 Å². The van der Waals surface area contributed by atoms with Crippen molar-refractivity contribution in [2.75, 3.05) is 4.72 Å². The van der Waals surface area contributed by atoms with E-state index in [-0.39, 0.29) is 15.7 Å². The average Bonchev–Trinajstić information content (AvgIpc) is 2.69. The number of aryl methyl sites for hydroxylation is 1. The zero-order valence-corrected chi connectivity index (χ0v) is 13.1. The van der Waals surface area contributed by atoms with Gasteiger partial charge in [0.05, 0.1) is 12.0 Å². The van der Waals surface area contributed by atoms with Crippen molar-refractivity contribution in [1.29, 1.82) is 0 Å². The molecule has 0 aliphatic heterocycles. The zero-order chi connectivity index (χ0) is 15.8. The monoisotopic (exact) mass is 350 g/mol. The summed E-state index contributed by atoms with van der Waals surface area (Å²) in [6.07, 6.45) is 1.22. The van der Waals surface area contributed by atoms with Gasteiger partial charge < -0.3 is 4.57 Å². The van der Waals surface area contributed by atoms with E-state index in [0.717, 1.165) is 0 Å². The molecule has 0 saturated carbocycles. The molecule has 0 spiro atoms. The summed E-state index contributed by atoms with van der Waals surface area (Å²) in [5, 5.41) is 4.53. The van der Waals surface area contributed by atoms with Crippen LogP contribution in [0.2, 0.25) is 5.15 Å². The second-order valence-corrected chi connectivity index (χ2v) is 7.58. The Hall–Kier alpha value is -1.62. The summed E-state index contributed by atoms with van der Waals surface area (Å²) in [7, 11) is -6.70. The summed E-state index contributed by atoms with van der Waals surface area (Å²) in [6.45, 7) is 0. The third-order valence-corrected chi connectivity index (χ3v) is 5.35. The third-order valence-electron chi connectivity index (χ3n) is 2.53. The number of para-hydroxylation sites is 1. The first-order valence-electron chi connectivity index (χ1n) is 5.44. The van der Waals surface area contributed by atoms with Crippen molar-refractivity contribution in [3.05, 3.63) is 35.7 Å². The molecule has 3 N–H and O–H groups in total. The molecule has 1 aromatic heterocycles. The standard InChI is InChI=1S/C10H11ClN4O4S2/c1-15-6-13-10(9(15)11)21(18,19)14-7-4-2-3-5-8(7)20(12,16)17/h2-6,14H,1H3,(H2,12,16,17). The topological polar surface area (TPSA) is 124 Å². The van der Waals surface area contributed by atoms with Gasteiger partial charge in [-0.15, -0.1) is 0 Å². The zero-order valence-electron chi connectivity index (χ0n) is 10.7. The molecule has 1 aromatic carbocycles. The number of imidazole rings is 1. The Kier molecular flexibility index (Phi) is 3.97. The van der Waals surface area contributed by atoms with Crippen LogP contribution in [-0.4, -0.2) is 26.4 Å². The number of nitrogens with one attached hydrogen (secondary N) is 1. The smallest absolute Gasteiger partial charge is 0.282 e. The number of anilines is 1. The van der Waals surface area contributed by atoms with E-state index in [9.17, 15) is 16.8 Å². The lowest BCUT2D eigenvalue weighted by atomic mass is 10.3. The van der Waals surface area contributed by atoms with E-state index < -0.39 is 25.1 Å². The first-order chi connectivity index (χ1) is 9.63. The van der Waals surface area contributed by atoms with Crippen molar-refractivity contribution in [1.82, 2.24) is 9.55 Å². The molecule has 1 heterocycles. The van der Waals surface area contributed by atoms with E-state index in [0.29, 0.717) is 0 Å². The predicted molar refractivity (Wildman–Crippen MR) is 76.8 cm³/mol. The van der Waals surface area contributed by atoms with Gasteiger partial charge in [0, 0.05) is 7.05 Å². The van der Waals surface area contributed by atoms with Gasteiger partial charge in [-0.1, -0.05) is 23.7 Å². The van der Waals surface area contributed by atoms with Gasteiger partial charge in [0.15, 0.2) is 0 Å². The maximum atomic E-state index is 12.2. The highest BCUT2D eigenvalue weighted by molar-refractivity contribution is 7.93. The summed E-state index contributed by atoms with van der Waals surface area (Å²) in [4.78, 5) is 3.33. The molecule has 0 bridgehead atoms. The molecule has 0 aliphatic carbocycles. The van der Waals surface area contributed by atoms with Crippen LogP contribution in [0.15, 0.2) is 40.5 Å². The van der Waals surface area contributed by atoms with Crippen molar-refractivity contribution in [3.8, 4) is 0 Å². The average molecular weight is 351 g/mol. The first kappa shape index (κ1) is 15.8. The van der Waals surface area contributed by atoms with Gasteiger partial charge in [-0.25, -0.2) is 18.5 Å². The van der Waals surface area contributed by atoms with Crippen molar-refractivity contribution in [2.45, 2.75) is 9.92 Å². The Labute approximate surface area is 126 Å². The molecule has 2 aromatic rings. The number of hydrogen-bond acceptors (Lipinski definition) is 5. The molecule has 0 radical (unpaired) electrons. The van der Waals surface area contributed by atoms with Crippen LogP contribution in [0, 0.1) is 0 Å². The van der Waals surface area contributed by atoms with E-state index in [1.54, 1.807) is 0 Å². The Morgan fingerprint density at radius 2 is 1.86 bits per heavy atom. The molecule has 0 unspecified atom stereocenters. The Balaban J connectivity index is 2.50. The molecule has 0 atom stereocenters. The highest BCUT2D eigenvalue weighted by Gasteiger charge is 2.25. The van der Waals surface area contributed by atoms with Crippen LogP contribution in [-0.2, 0) is 27.1 Å². The molecular formula is C10H11ClN4O4S2. The quantitative estimate of drug-likeness (QED) is 0.831. The van der Waals surface area contributed by atoms with Crippen LogP contribution in [0.3, 0.4) is 0 Å². The normalized spacial score (nSPS) is 12.3. The van der Waals surface area contributed by atoms with Gasteiger partial charge >= 0.3 is 0 Å². The van der Waals surface area contributed by atoms with Crippen molar-refractivity contribution >= 4 is 37.3 Å². The Morgan fingerprint density at radius 1 is 1.24 bits per heavy atom. The maximum absolute atomic E-state index is 12.2. The van der Waals surface area contributed by atoms with Gasteiger partial charge in [0.2, 0.25) is 15.0 Å².